The number of methoxy groups -OCH3 is 1. The summed E-state index contributed by atoms with van der Waals surface area (Å²) in [5, 5.41) is 2.30. The second kappa shape index (κ2) is 6.76. The highest BCUT2D eigenvalue weighted by Gasteiger charge is 2.28. The molecule has 0 saturated heterocycles. The maximum atomic E-state index is 11.2. The van der Waals surface area contributed by atoms with Gasteiger partial charge in [0.25, 0.3) is 10.3 Å². The van der Waals surface area contributed by atoms with Crippen LogP contribution in [0.1, 0.15) is 13.8 Å². The predicted molar refractivity (Wildman–Crippen MR) is 54.2 cm³/mol. The van der Waals surface area contributed by atoms with Crippen molar-refractivity contribution in [2.24, 2.45) is 0 Å². The predicted octanol–water partition coefficient (Wildman–Crippen LogP) is -0.113. The molecule has 0 radical (unpaired) electrons. The van der Waals surface area contributed by atoms with Gasteiger partial charge in [0.05, 0.1) is 7.11 Å². The van der Waals surface area contributed by atoms with Gasteiger partial charge in [0, 0.05) is 17.6 Å². The maximum Gasteiger partial charge on any atom is 0.331 e. The highest BCUT2D eigenvalue weighted by Crippen LogP contribution is 2.05. The van der Waals surface area contributed by atoms with Crippen LogP contribution >= 0.6 is 10.7 Å². The molecule has 1 amide bonds. The second-order valence-corrected chi connectivity index (χ2v) is 4.03. The standard InChI is InChI=1S/C7H12ClNO5S/c1-4(14-15(8)12)6(7(11)13-3)9-5(2)10/h4,6H,1-3H3,(H,9,10). The van der Waals surface area contributed by atoms with Crippen molar-refractivity contribution in [3.8, 4) is 0 Å². The van der Waals surface area contributed by atoms with Crippen molar-refractivity contribution in [2.75, 3.05) is 7.11 Å². The van der Waals surface area contributed by atoms with Gasteiger partial charge >= 0.3 is 5.97 Å². The van der Waals surface area contributed by atoms with Crippen LogP contribution in [-0.4, -0.2) is 35.3 Å². The number of halogens is 1. The number of esters is 1. The van der Waals surface area contributed by atoms with E-state index in [1.54, 1.807) is 0 Å². The molecule has 0 spiro atoms. The molecule has 0 aromatic heterocycles. The van der Waals surface area contributed by atoms with E-state index in [0.717, 1.165) is 0 Å². The van der Waals surface area contributed by atoms with E-state index in [4.69, 9.17) is 10.7 Å². The summed E-state index contributed by atoms with van der Waals surface area (Å²) in [6, 6.07) is -1.03. The molecule has 0 aliphatic rings. The normalized spacial score (nSPS) is 16.3. The van der Waals surface area contributed by atoms with Crippen molar-refractivity contribution in [3.05, 3.63) is 0 Å². The molecule has 15 heavy (non-hydrogen) atoms. The molecule has 3 unspecified atom stereocenters. The minimum Gasteiger partial charge on any atom is -0.467 e. The number of amides is 1. The van der Waals surface area contributed by atoms with Crippen LogP contribution < -0.4 is 5.32 Å². The van der Waals surface area contributed by atoms with Crippen molar-refractivity contribution in [3.63, 3.8) is 0 Å². The molecule has 88 valence electrons. The molecular weight excluding hydrogens is 246 g/mol. The summed E-state index contributed by atoms with van der Waals surface area (Å²) in [7, 11) is 4.22. The summed E-state index contributed by atoms with van der Waals surface area (Å²) in [4.78, 5) is 22.0. The first-order valence-electron chi connectivity index (χ1n) is 3.98. The number of rotatable bonds is 5. The Morgan fingerprint density at radius 3 is 2.33 bits per heavy atom. The highest BCUT2D eigenvalue weighted by molar-refractivity contribution is 8.04. The Kier molecular flexibility index (Phi) is 6.46. The Morgan fingerprint density at radius 1 is 1.47 bits per heavy atom. The number of ether oxygens (including phenoxy) is 1. The minimum atomic E-state index is -2.04. The van der Waals surface area contributed by atoms with E-state index >= 15 is 0 Å². The first-order chi connectivity index (χ1) is 6.88. The van der Waals surface area contributed by atoms with Crippen LogP contribution in [0.2, 0.25) is 0 Å². The third kappa shape index (κ3) is 5.71. The number of carbonyl (C=O) groups is 2. The van der Waals surface area contributed by atoms with Gasteiger partial charge in [-0.1, -0.05) is 0 Å². The van der Waals surface area contributed by atoms with E-state index in [9.17, 15) is 13.8 Å². The number of nitrogens with one attached hydrogen (secondary N) is 1. The largest absolute Gasteiger partial charge is 0.467 e. The van der Waals surface area contributed by atoms with Gasteiger partial charge < -0.3 is 10.1 Å². The summed E-state index contributed by atoms with van der Waals surface area (Å²) in [5.41, 5.74) is 0. The van der Waals surface area contributed by atoms with E-state index in [1.165, 1.54) is 21.0 Å². The van der Waals surface area contributed by atoms with E-state index < -0.39 is 34.3 Å². The smallest absolute Gasteiger partial charge is 0.331 e. The zero-order valence-corrected chi connectivity index (χ0v) is 10.1. The molecule has 6 nitrogen and oxygen atoms in total. The third-order valence-corrected chi connectivity index (χ3v) is 2.18. The van der Waals surface area contributed by atoms with Crippen molar-refractivity contribution in [1.82, 2.24) is 5.32 Å². The number of hydrogen-bond donors (Lipinski definition) is 1. The summed E-state index contributed by atoms with van der Waals surface area (Å²) in [6.45, 7) is 2.68. The number of hydrogen-bond acceptors (Lipinski definition) is 5. The summed E-state index contributed by atoms with van der Waals surface area (Å²) < 4.78 is 19.6. The Labute approximate surface area is 94.4 Å². The van der Waals surface area contributed by atoms with Gasteiger partial charge in [-0.25, -0.2) is 9.00 Å². The Bertz CT molecular complexity index is 272. The summed E-state index contributed by atoms with van der Waals surface area (Å²) in [6.07, 6.45) is -0.848. The molecule has 0 heterocycles. The molecule has 1 N–H and O–H groups in total. The lowest BCUT2D eigenvalue weighted by Crippen LogP contribution is -2.48. The lowest BCUT2D eigenvalue weighted by Gasteiger charge is -2.20. The molecule has 0 aromatic carbocycles. The molecule has 0 fully saturated rings. The molecule has 0 saturated carbocycles. The van der Waals surface area contributed by atoms with Gasteiger partial charge in [0.15, 0.2) is 6.04 Å². The quantitative estimate of drug-likeness (QED) is 0.549. The van der Waals surface area contributed by atoms with Crippen LogP contribution in [-0.2, 0) is 28.8 Å². The average molecular weight is 258 g/mol. The van der Waals surface area contributed by atoms with E-state index in [-0.39, 0.29) is 0 Å². The minimum absolute atomic E-state index is 0.429. The molecular formula is C7H12ClNO5S. The Morgan fingerprint density at radius 2 is 2.00 bits per heavy atom. The lowest BCUT2D eigenvalue weighted by molar-refractivity contribution is -0.147. The van der Waals surface area contributed by atoms with Gasteiger partial charge in [-0.3, -0.25) is 8.98 Å². The zero-order chi connectivity index (χ0) is 12.0. The third-order valence-electron chi connectivity index (χ3n) is 1.51. The SMILES string of the molecule is COC(=O)C(NC(C)=O)C(C)OS(=O)Cl. The topological polar surface area (TPSA) is 81.7 Å². The Balaban J connectivity index is 4.53. The van der Waals surface area contributed by atoms with Crippen molar-refractivity contribution >= 4 is 32.9 Å². The van der Waals surface area contributed by atoms with E-state index in [0.29, 0.717) is 0 Å². The summed E-state index contributed by atoms with van der Waals surface area (Å²) >= 11 is 0. The molecule has 8 heteroatoms. The van der Waals surface area contributed by atoms with Gasteiger partial charge in [0.2, 0.25) is 5.91 Å². The first-order valence-corrected chi connectivity index (χ1v) is 5.88. The fourth-order valence-corrected chi connectivity index (χ4v) is 1.58. The van der Waals surface area contributed by atoms with E-state index in [2.05, 4.69) is 14.2 Å². The molecule has 0 aliphatic carbocycles. The maximum absolute atomic E-state index is 11.2. The van der Waals surface area contributed by atoms with Crippen LogP contribution in [0.5, 0.6) is 0 Å². The fourth-order valence-electron chi connectivity index (χ4n) is 0.889. The monoisotopic (exact) mass is 257 g/mol. The van der Waals surface area contributed by atoms with Crippen LogP contribution in [0.15, 0.2) is 0 Å². The van der Waals surface area contributed by atoms with Crippen molar-refractivity contribution < 1.29 is 22.7 Å². The molecule has 0 aliphatic heterocycles. The summed E-state index contributed by atoms with van der Waals surface area (Å²) in [5.74, 6) is -1.12. The van der Waals surface area contributed by atoms with Gasteiger partial charge in [-0.2, -0.15) is 0 Å². The van der Waals surface area contributed by atoms with Gasteiger partial charge in [-0.05, 0) is 6.92 Å². The van der Waals surface area contributed by atoms with Crippen molar-refractivity contribution in [2.45, 2.75) is 26.0 Å². The van der Waals surface area contributed by atoms with Crippen LogP contribution in [0, 0.1) is 0 Å². The van der Waals surface area contributed by atoms with Crippen LogP contribution in [0.3, 0.4) is 0 Å². The van der Waals surface area contributed by atoms with Gasteiger partial charge in [0.1, 0.15) is 6.10 Å². The first kappa shape index (κ1) is 14.3. The van der Waals surface area contributed by atoms with Crippen LogP contribution in [0.25, 0.3) is 0 Å². The molecule has 0 bridgehead atoms. The van der Waals surface area contributed by atoms with Crippen molar-refractivity contribution in [1.29, 1.82) is 0 Å². The van der Waals surface area contributed by atoms with E-state index in [1.807, 2.05) is 0 Å². The molecule has 3 atom stereocenters. The van der Waals surface area contributed by atoms with Crippen LogP contribution in [0.4, 0.5) is 0 Å². The van der Waals surface area contributed by atoms with Gasteiger partial charge in [-0.15, -0.1) is 0 Å². The zero-order valence-electron chi connectivity index (χ0n) is 8.48. The average Bonchev–Trinajstić information content (AvgIpc) is 2.11. The second-order valence-electron chi connectivity index (χ2n) is 2.70. The Hall–Kier alpha value is -0.660. The molecule has 0 rings (SSSR count). The lowest BCUT2D eigenvalue weighted by atomic mass is 10.2. The molecule has 0 aromatic rings. The fraction of sp³-hybridized carbons (Fsp3) is 0.714. The number of carbonyl (C=O) groups excluding carboxylic acids is 2. The highest BCUT2D eigenvalue weighted by atomic mass is 35.7.